The fourth-order valence-corrected chi connectivity index (χ4v) is 2.69. The molecule has 1 N–H and O–H groups in total. The van der Waals surface area contributed by atoms with Crippen molar-refractivity contribution < 1.29 is 14.3 Å². The molecule has 3 amide bonds. The second-order valence-corrected chi connectivity index (χ2v) is 5.89. The first-order valence-electron chi connectivity index (χ1n) is 8.14. The maximum atomic E-state index is 12.6. The van der Waals surface area contributed by atoms with Crippen molar-refractivity contribution in [3.8, 4) is 5.75 Å². The first-order valence-corrected chi connectivity index (χ1v) is 8.14. The van der Waals surface area contributed by atoms with Gasteiger partial charge in [-0.15, -0.1) is 0 Å². The van der Waals surface area contributed by atoms with Crippen LogP contribution < -0.4 is 20.0 Å². The number of rotatable bonds is 5. The molecule has 0 atom stereocenters. The van der Waals surface area contributed by atoms with Crippen LogP contribution in [0.3, 0.4) is 0 Å². The average molecular weight is 355 g/mol. The van der Waals surface area contributed by atoms with Gasteiger partial charge in [-0.3, -0.25) is 14.7 Å². The third kappa shape index (κ3) is 3.39. The van der Waals surface area contributed by atoms with Crippen LogP contribution in [0.4, 0.5) is 16.3 Å². The summed E-state index contributed by atoms with van der Waals surface area (Å²) in [5.41, 5.74) is 1.56. The SMILES string of the molecule is COc1ccc(CNC(=O)CN2C(=O)N(C)N(C)c3ncccc32)cc1. The van der Waals surface area contributed by atoms with Crippen LogP contribution in [-0.2, 0) is 11.3 Å². The first kappa shape index (κ1) is 17.5. The zero-order valence-corrected chi connectivity index (χ0v) is 15.0. The van der Waals surface area contributed by atoms with Crippen LogP contribution >= 0.6 is 0 Å². The van der Waals surface area contributed by atoms with Crippen molar-refractivity contribution in [3.05, 3.63) is 48.2 Å². The molecule has 0 saturated heterocycles. The molecule has 26 heavy (non-hydrogen) atoms. The van der Waals surface area contributed by atoms with E-state index < -0.39 is 0 Å². The molecule has 1 aliphatic rings. The summed E-state index contributed by atoms with van der Waals surface area (Å²) in [5.74, 6) is 1.13. The topological polar surface area (TPSA) is 78.0 Å². The zero-order valence-electron chi connectivity index (χ0n) is 15.0. The van der Waals surface area contributed by atoms with Crippen molar-refractivity contribution in [2.24, 2.45) is 0 Å². The molecule has 0 spiro atoms. The van der Waals surface area contributed by atoms with Crippen LogP contribution in [0.2, 0.25) is 0 Å². The van der Waals surface area contributed by atoms with Crippen LogP contribution in [0.25, 0.3) is 0 Å². The van der Waals surface area contributed by atoms with Gasteiger partial charge in [0.05, 0.1) is 12.8 Å². The maximum Gasteiger partial charge on any atom is 0.343 e. The van der Waals surface area contributed by atoms with Crippen molar-refractivity contribution in [1.82, 2.24) is 15.3 Å². The summed E-state index contributed by atoms with van der Waals surface area (Å²) in [6.45, 7) is 0.298. The van der Waals surface area contributed by atoms with Crippen molar-refractivity contribution in [2.45, 2.75) is 6.54 Å². The number of hydrogen-bond acceptors (Lipinski definition) is 5. The Morgan fingerprint density at radius 2 is 1.88 bits per heavy atom. The van der Waals surface area contributed by atoms with E-state index in [0.717, 1.165) is 11.3 Å². The molecule has 1 aromatic heterocycles. The number of amides is 3. The van der Waals surface area contributed by atoms with Crippen molar-refractivity contribution in [1.29, 1.82) is 0 Å². The number of methoxy groups -OCH3 is 1. The van der Waals surface area contributed by atoms with Gasteiger partial charge in [0.1, 0.15) is 12.3 Å². The van der Waals surface area contributed by atoms with Crippen LogP contribution in [0, 0.1) is 0 Å². The minimum Gasteiger partial charge on any atom is -0.497 e. The number of aromatic nitrogens is 1. The summed E-state index contributed by atoms with van der Waals surface area (Å²) in [4.78, 5) is 30.7. The number of carbonyl (C=O) groups is 2. The van der Waals surface area contributed by atoms with Crippen molar-refractivity contribution >= 4 is 23.4 Å². The predicted octanol–water partition coefficient (Wildman–Crippen LogP) is 1.63. The molecule has 3 rings (SSSR count). The third-order valence-corrected chi connectivity index (χ3v) is 4.27. The van der Waals surface area contributed by atoms with Gasteiger partial charge in [-0.1, -0.05) is 12.1 Å². The predicted molar refractivity (Wildman–Crippen MR) is 98.0 cm³/mol. The molecule has 2 aromatic rings. The molecule has 0 saturated carbocycles. The van der Waals surface area contributed by atoms with E-state index in [1.807, 2.05) is 24.3 Å². The molecule has 0 bridgehead atoms. The van der Waals surface area contributed by atoms with Crippen LogP contribution in [-0.4, -0.2) is 49.7 Å². The van der Waals surface area contributed by atoms with E-state index in [2.05, 4.69) is 10.3 Å². The minimum atomic E-state index is -0.285. The molecule has 2 heterocycles. The smallest absolute Gasteiger partial charge is 0.343 e. The van der Waals surface area contributed by atoms with Gasteiger partial charge in [0.25, 0.3) is 0 Å². The Bertz CT molecular complexity index is 809. The van der Waals surface area contributed by atoms with Gasteiger partial charge in [0, 0.05) is 26.8 Å². The second kappa shape index (κ2) is 7.30. The summed E-state index contributed by atoms with van der Waals surface area (Å²) >= 11 is 0. The molecule has 136 valence electrons. The Labute approximate surface area is 151 Å². The van der Waals surface area contributed by atoms with Crippen LogP contribution in [0.15, 0.2) is 42.6 Å². The molecule has 8 heteroatoms. The Balaban J connectivity index is 1.68. The highest BCUT2D eigenvalue weighted by Crippen LogP contribution is 2.31. The molecular formula is C18H21N5O3. The van der Waals surface area contributed by atoms with Gasteiger partial charge in [0.15, 0.2) is 5.82 Å². The van der Waals surface area contributed by atoms with Gasteiger partial charge in [-0.2, -0.15) is 0 Å². The normalized spacial score (nSPS) is 13.5. The van der Waals surface area contributed by atoms with Crippen LogP contribution in [0.5, 0.6) is 5.75 Å². The summed E-state index contributed by atoms with van der Waals surface area (Å²) in [6.07, 6.45) is 1.65. The van der Waals surface area contributed by atoms with E-state index in [1.54, 1.807) is 44.5 Å². The number of hydrogen-bond donors (Lipinski definition) is 1. The average Bonchev–Trinajstić information content (AvgIpc) is 2.68. The first-order chi connectivity index (χ1) is 12.5. The number of nitrogens with zero attached hydrogens (tertiary/aromatic N) is 4. The molecule has 0 aliphatic carbocycles. The molecular weight excluding hydrogens is 334 g/mol. The molecule has 8 nitrogen and oxygen atoms in total. The lowest BCUT2D eigenvalue weighted by atomic mass is 10.2. The quantitative estimate of drug-likeness (QED) is 0.882. The summed E-state index contributed by atoms with van der Waals surface area (Å²) in [6, 6.07) is 10.7. The number of fused-ring (bicyclic) bond motifs is 1. The monoisotopic (exact) mass is 355 g/mol. The number of urea groups is 1. The summed E-state index contributed by atoms with van der Waals surface area (Å²) in [7, 11) is 5.00. The van der Waals surface area contributed by atoms with Gasteiger partial charge in [0.2, 0.25) is 5.91 Å². The van der Waals surface area contributed by atoms with E-state index in [-0.39, 0.29) is 18.5 Å². The molecule has 1 aliphatic heterocycles. The van der Waals surface area contributed by atoms with E-state index in [9.17, 15) is 9.59 Å². The minimum absolute atomic E-state index is 0.0775. The highest BCUT2D eigenvalue weighted by atomic mass is 16.5. The molecule has 0 unspecified atom stereocenters. The largest absolute Gasteiger partial charge is 0.497 e. The van der Waals surface area contributed by atoms with Crippen LogP contribution in [0.1, 0.15) is 5.56 Å². The Morgan fingerprint density at radius 3 is 2.58 bits per heavy atom. The van der Waals surface area contributed by atoms with Crippen molar-refractivity contribution in [2.75, 3.05) is 37.7 Å². The fourth-order valence-electron chi connectivity index (χ4n) is 2.69. The number of benzene rings is 1. The van der Waals surface area contributed by atoms with E-state index in [0.29, 0.717) is 18.1 Å². The van der Waals surface area contributed by atoms with Gasteiger partial charge >= 0.3 is 6.03 Å². The highest BCUT2D eigenvalue weighted by Gasteiger charge is 2.33. The third-order valence-electron chi connectivity index (χ3n) is 4.27. The van der Waals surface area contributed by atoms with Gasteiger partial charge in [-0.05, 0) is 29.8 Å². The number of carbonyl (C=O) groups excluding carboxylic acids is 2. The Kier molecular flexibility index (Phi) is 4.92. The number of anilines is 2. The Hall–Kier alpha value is -3.29. The number of nitrogens with one attached hydrogen (secondary N) is 1. The van der Waals surface area contributed by atoms with Crippen molar-refractivity contribution in [3.63, 3.8) is 0 Å². The lowest BCUT2D eigenvalue weighted by Gasteiger charge is -2.40. The van der Waals surface area contributed by atoms with E-state index in [1.165, 1.54) is 9.91 Å². The number of pyridine rings is 1. The molecule has 1 aromatic carbocycles. The number of hydrazine groups is 1. The molecule has 0 fully saturated rings. The zero-order chi connectivity index (χ0) is 18.7. The van der Waals surface area contributed by atoms with Gasteiger partial charge in [-0.25, -0.2) is 14.8 Å². The fraction of sp³-hybridized carbons (Fsp3) is 0.278. The van der Waals surface area contributed by atoms with E-state index in [4.69, 9.17) is 4.74 Å². The molecule has 0 radical (unpaired) electrons. The Morgan fingerprint density at radius 1 is 1.15 bits per heavy atom. The highest BCUT2D eigenvalue weighted by molar-refractivity contribution is 6.02. The summed E-state index contributed by atoms with van der Waals surface area (Å²) < 4.78 is 5.11. The van der Waals surface area contributed by atoms with E-state index >= 15 is 0 Å². The van der Waals surface area contributed by atoms with Gasteiger partial charge < -0.3 is 10.1 Å². The lowest BCUT2D eigenvalue weighted by Crippen LogP contribution is -2.55. The number of ether oxygens (including phenoxy) is 1. The second-order valence-electron chi connectivity index (χ2n) is 5.89. The standard InChI is InChI=1S/C18H21N5O3/c1-21-17-15(5-4-10-19-17)23(18(25)22(21)2)12-16(24)20-11-13-6-8-14(26-3)9-7-13/h4-10H,11-12H2,1-3H3,(H,20,24). The maximum absolute atomic E-state index is 12.6. The summed E-state index contributed by atoms with van der Waals surface area (Å²) in [5, 5.41) is 5.91. The lowest BCUT2D eigenvalue weighted by molar-refractivity contribution is -0.119.